The van der Waals surface area contributed by atoms with Crippen LogP contribution in [0.4, 0.5) is 16.4 Å². The van der Waals surface area contributed by atoms with Gasteiger partial charge in [0.1, 0.15) is 0 Å². The number of rotatable bonds is 9. The second kappa shape index (κ2) is 13.3. The Bertz CT molecular complexity index is 1620. The second-order valence-electron chi connectivity index (χ2n) is 10.7. The molecule has 2 atom stereocenters. The molecular formula is C28H34ClN9O4S. The molecule has 1 aliphatic heterocycles. The van der Waals surface area contributed by atoms with Gasteiger partial charge in [-0.05, 0) is 49.8 Å². The van der Waals surface area contributed by atoms with Crippen LogP contribution in [0.15, 0.2) is 36.8 Å². The fraction of sp³-hybridized carbons (Fsp3) is 0.464. The molecule has 228 valence electrons. The van der Waals surface area contributed by atoms with Crippen molar-refractivity contribution in [2.24, 2.45) is 0 Å². The lowest BCUT2D eigenvalue weighted by Gasteiger charge is -2.30. The number of aromatic nitrogens is 4. The first-order valence-electron chi connectivity index (χ1n) is 14.0. The number of nitrogens with zero attached hydrogens (tertiary/aromatic N) is 6. The summed E-state index contributed by atoms with van der Waals surface area (Å²) in [6, 6.07) is 5.93. The molecule has 2 aliphatic rings. The summed E-state index contributed by atoms with van der Waals surface area (Å²) in [5.74, 6) is 0.370. The van der Waals surface area contributed by atoms with Gasteiger partial charge in [0.15, 0.2) is 0 Å². The number of alkyl carbamates (subject to hydrolysis) is 1. The summed E-state index contributed by atoms with van der Waals surface area (Å²) in [7, 11) is -1.85. The molecule has 1 saturated carbocycles. The van der Waals surface area contributed by atoms with Crippen LogP contribution >= 0.6 is 11.6 Å². The van der Waals surface area contributed by atoms with Crippen molar-refractivity contribution >= 4 is 39.4 Å². The first kappa shape index (κ1) is 30.7. The van der Waals surface area contributed by atoms with Crippen LogP contribution in [0.1, 0.15) is 37.7 Å². The Kier molecular flexibility index (Phi) is 9.46. The standard InChI is InChI=1S/C28H34ClN9O4S/c1-30-24-16-32-27(34-20-9-11-37(12-10-20)43(3,40)41)36-26(24)19-15-33-38(17-19)25-8-7-18(13-21(25)29)14-31-22-5-4-6-23(22)35-28(39)42-2/h7-8,13,15-17,20,22-23,31H,4-6,9-12,14H2,2-3H3,(H,35,39)(H,32,34,36)/t22-,23-/m0/s1. The van der Waals surface area contributed by atoms with Crippen molar-refractivity contribution in [3.63, 3.8) is 0 Å². The van der Waals surface area contributed by atoms with Crippen molar-refractivity contribution in [1.82, 2.24) is 34.7 Å². The topological polar surface area (TPSA) is 148 Å². The number of carbonyl (C=O) groups is 1. The molecule has 1 aliphatic carbocycles. The molecule has 3 heterocycles. The maximum atomic E-state index is 11.8. The summed E-state index contributed by atoms with van der Waals surface area (Å²) >= 11 is 6.67. The summed E-state index contributed by atoms with van der Waals surface area (Å²) in [5, 5.41) is 14.7. The largest absolute Gasteiger partial charge is 0.453 e. The monoisotopic (exact) mass is 627 g/mol. The van der Waals surface area contributed by atoms with E-state index < -0.39 is 16.1 Å². The van der Waals surface area contributed by atoms with Gasteiger partial charge in [-0.2, -0.15) is 5.10 Å². The van der Waals surface area contributed by atoms with Crippen molar-refractivity contribution in [1.29, 1.82) is 0 Å². The maximum absolute atomic E-state index is 11.8. The molecule has 3 aromatic rings. The second-order valence-corrected chi connectivity index (χ2v) is 13.1. The zero-order valence-electron chi connectivity index (χ0n) is 24.0. The molecule has 5 rings (SSSR count). The van der Waals surface area contributed by atoms with E-state index in [-0.39, 0.29) is 23.8 Å². The third-order valence-corrected chi connectivity index (χ3v) is 9.44. The van der Waals surface area contributed by atoms with Crippen molar-refractivity contribution in [3.8, 4) is 16.9 Å². The third-order valence-electron chi connectivity index (χ3n) is 7.83. The van der Waals surface area contributed by atoms with Crippen LogP contribution < -0.4 is 16.0 Å². The number of sulfonamides is 1. The first-order chi connectivity index (χ1) is 20.6. The first-order valence-corrected chi connectivity index (χ1v) is 16.2. The van der Waals surface area contributed by atoms with Gasteiger partial charge in [-0.25, -0.2) is 37.0 Å². The third kappa shape index (κ3) is 7.42. The summed E-state index contributed by atoms with van der Waals surface area (Å²) in [6.07, 6.45) is 9.82. The SMILES string of the molecule is [C-]#[N+]c1cnc(NC2CCN(S(C)(=O)=O)CC2)nc1-c1cnn(-c2ccc(CN[C@H]3CCC[C@@H]3NC(=O)OC)cc2Cl)c1. The van der Waals surface area contributed by atoms with Gasteiger partial charge in [0.05, 0.1) is 42.5 Å². The molecule has 13 nitrogen and oxygen atoms in total. The predicted molar refractivity (Wildman–Crippen MR) is 163 cm³/mol. The predicted octanol–water partition coefficient (Wildman–Crippen LogP) is 3.74. The number of carbonyl (C=O) groups excluding carboxylic acids is 1. The molecule has 0 bridgehead atoms. The molecule has 15 heteroatoms. The van der Waals surface area contributed by atoms with E-state index in [1.165, 1.54) is 23.9 Å². The average molecular weight is 628 g/mol. The molecule has 1 aromatic carbocycles. The molecule has 0 unspecified atom stereocenters. The summed E-state index contributed by atoms with van der Waals surface area (Å²) in [5.41, 5.74) is 3.04. The van der Waals surface area contributed by atoms with Crippen molar-refractivity contribution in [3.05, 3.63) is 58.8 Å². The van der Waals surface area contributed by atoms with E-state index in [4.69, 9.17) is 22.9 Å². The van der Waals surface area contributed by atoms with Crippen LogP contribution in [0.2, 0.25) is 5.02 Å². The average Bonchev–Trinajstić information content (AvgIpc) is 3.66. The lowest BCUT2D eigenvalue weighted by atomic mass is 10.1. The Morgan fingerprint density at radius 3 is 2.65 bits per heavy atom. The van der Waals surface area contributed by atoms with Gasteiger partial charge in [0, 0.05) is 55.7 Å². The summed E-state index contributed by atoms with van der Waals surface area (Å²) in [6.45, 7) is 9.05. The van der Waals surface area contributed by atoms with Crippen LogP contribution in [-0.2, 0) is 21.3 Å². The molecular weight excluding hydrogens is 594 g/mol. The summed E-state index contributed by atoms with van der Waals surface area (Å²) < 4.78 is 31.5. The van der Waals surface area contributed by atoms with E-state index in [0.717, 1.165) is 24.8 Å². The van der Waals surface area contributed by atoms with E-state index in [1.54, 1.807) is 17.1 Å². The van der Waals surface area contributed by atoms with Crippen LogP contribution in [0.25, 0.3) is 21.8 Å². The molecule has 1 amide bonds. The van der Waals surface area contributed by atoms with Gasteiger partial charge in [-0.15, -0.1) is 0 Å². The maximum Gasteiger partial charge on any atom is 0.407 e. The molecule has 1 saturated heterocycles. The van der Waals surface area contributed by atoms with E-state index in [0.29, 0.717) is 60.4 Å². The Labute approximate surface area is 255 Å². The Morgan fingerprint density at radius 1 is 1.19 bits per heavy atom. The highest BCUT2D eigenvalue weighted by atomic mass is 35.5. The highest BCUT2D eigenvalue weighted by Crippen LogP contribution is 2.31. The Balaban J connectivity index is 1.25. The van der Waals surface area contributed by atoms with Crippen molar-refractivity contribution in [2.45, 2.75) is 56.8 Å². The van der Waals surface area contributed by atoms with E-state index in [2.05, 4.69) is 35.9 Å². The molecule has 43 heavy (non-hydrogen) atoms. The number of nitrogens with one attached hydrogen (secondary N) is 3. The van der Waals surface area contributed by atoms with E-state index >= 15 is 0 Å². The smallest absolute Gasteiger partial charge is 0.407 e. The number of hydrogen-bond donors (Lipinski definition) is 3. The summed E-state index contributed by atoms with van der Waals surface area (Å²) in [4.78, 5) is 24.1. The normalized spacial score (nSPS) is 19.6. The number of halogens is 1. The molecule has 3 N–H and O–H groups in total. The fourth-order valence-corrected chi connectivity index (χ4v) is 6.68. The van der Waals surface area contributed by atoms with Gasteiger partial charge < -0.3 is 20.7 Å². The highest BCUT2D eigenvalue weighted by molar-refractivity contribution is 7.88. The minimum Gasteiger partial charge on any atom is -0.453 e. The van der Waals surface area contributed by atoms with Crippen LogP contribution in [0.5, 0.6) is 0 Å². The van der Waals surface area contributed by atoms with Crippen LogP contribution in [0, 0.1) is 6.57 Å². The Morgan fingerprint density at radius 2 is 1.95 bits per heavy atom. The highest BCUT2D eigenvalue weighted by Gasteiger charge is 2.29. The lowest BCUT2D eigenvalue weighted by molar-refractivity contribution is 0.164. The molecule has 0 radical (unpaired) electrons. The van der Waals surface area contributed by atoms with Crippen LogP contribution in [0.3, 0.4) is 0 Å². The van der Waals surface area contributed by atoms with Gasteiger partial charge in [-0.1, -0.05) is 17.7 Å². The van der Waals surface area contributed by atoms with Gasteiger partial charge >= 0.3 is 6.09 Å². The zero-order valence-corrected chi connectivity index (χ0v) is 25.5. The molecule has 2 aromatic heterocycles. The van der Waals surface area contributed by atoms with Crippen molar-refractivity contribution in [2.75, 3.05) is 31.8 Å². The molecule has 0 spiro atoms. The number of benzene rings is 1. The lowest BCUT2D eigenvalue weighted by Crippen LogP contribution is -2.46. The van der Waals surface area contributed by atoms with E-state index in [1.807, 2.05) is 18.2 Å². The van der Waals surface area contributed by atoms with Crippen LogP contribution in [-0.4, -0.2) is 83.1 Å². The quantitative estimate of drug-likeness (QED) is 0.302. The number of methoxy groups -OCH3 is 1. The number of ether oxygens (including phenoxy) is 1. The number of piperidine rings is 1. The zero-order chi connectivity index (χ0) is 30.6. The Hall–Kier alpha value is -3.77. The minimum atomic E-state index is -3.21. The number of anilines is 1. The fourth-order valence-electron chi connectivity index (χ4n) is 5.51. The van der Waals surface area contributed by atoms with Gasteiger partial charge in [0.25, 0.3) is 0 Å². The minimum absolute atomic E-state index is 0.0165. The van der Waals surface area contributed by atoms with Gasteiger partial charge in [-0.3, -0.25) is 0 Å². The number of hydrogen-bond acceptors (Lipinski definition) is 9. The van der Waals surface area contributed by atoms with E-state index in [9.17, 15) is 13.2 Å². The molecule has 2 fully saturated rings. The van der Waals surface area contributed by atoms with Crippen molar-refractivity contribution < 1.29 is 17.9 Å². The van der Waals surface area contributed by atoms with Gasteiger partial charge in [0.2, 0.25) is 21.7 Å². The number of amides is 1.